The van der Waals surface area contributed by atoms with Gasteiger partial charge in [0.1, 0.15) is 0 Å². The fraction of sp³-hybridized carbons (Fsp3) is 0.381. The van der Waals surface area contributed by atoms with E-state index >= 15 is 0 Å². The molecule has 0 saturated carbocycles. The summed E-state index contributed by atoms with van der Waals surface area (Å²) in [6.07, 6.45) is 2.45. The minimum Gasteiger partial charge on any atom is -0.336 e. The number of carbonyl (C=O) groups is 1. The third-order valence-corrected chi connectivity index (χ3v) is 5.16. The minimum absolute atomic E-state index is 0.150. The van der Waals surface area contributed by atoms with Crippen LogP contribution in [-0.4, -0.2) is 30.6 Å². The summed E-state index contributed by atoms with van der Waals surface area (Å²) in [5.74, 6) is 0. The van der Waals surface area contributed by atoms with Gasteiger partial charge in [-0.1, -0.05) is 48.0 Å². The van der Waals surface area contributed by atoms with E-state index in [0.29, 0.717) is 18.1 Å². The molecule has 0 radical (unpaired) electrons. The van der Waals surface area contributed by atoms with Crippen molar-refractivity contribution in [3.8, 4) is 0 Å². The van der Waals surface area contributed by atoms with Gasteiger partial charge < -0.3 is 10.6 Å². The molecule has 2 aromatic rings. The second-order valence-electron chi connectivity index (χ2n) is 6.81. The molecular formula is C21H26ClN3O. The number of hydrogen-bond donors (Lipinski definition) is 2. The Morgan fingerprint density at radius 2 is 1.88 bits per heavy atom. The highest BCUT2D eigenvalue weighted by molar-refractivity contribution is 6.30. The van der Waals surface area contributed by atoms with Gasteiger partial charge in [0.15, 0.2) is 0 Å². The van der Waals surface area contributed by atoms with Crippen LogP contribution in [0.2, 0.25) is 5.02 Å². The van der Waals surface area contributed by atoms with Crippen molar-refractivity contribution in [2.24, 2.45) is 0 Å². The first kappa shape index (κ1) is 18.7. The number of halogens is 1. The molecule has 4 nitrogen and oxygen atoms in total. The molecule has 0 spiro atoms. The molecule has 1 aliphatic rings. The second kappa shape index (κ2) is 9.06. The van der Waals surface area contributed by atoms with Crippen LogP contribution in [0.3, 0.4) is 0 Å². The lowest BCUT2D eigenvalue weighted by Gasteiger charge is -2.29. The van der Waals surface area contributed by atoms with E-state index in [1.165, 1.54) is 24.0 Å². The van der Waals surface area contributed by atoms with Gasteiger partial charge in [-0.15, -0.1) is 0 Å². The molecule has 0 aromatic heterocycles. The van der Waals surface area contributed by atoms with Crippen LogP contribution < -0.4 is 10.6 Å². The molecule has 1 unspecified atom stereocenters. The van der Waals surface area contributed by atoms with Crippen LogP contribution >= 0.6 is 11.6 Å². The van der Waals surface area contributed by atoms with Crippen LogP contribution in [0.4, 0.5) is 4.79 Å². The van der Waals surface area contributed by atoms with E-state index in [-0.39, 0.29) is 12.1 Å². The van der Waals surface area contributed by atoms with Crippen molar-refractivity contribution in [2.45, 2.75) is 32.4 Å². The maximum absolute atomic E-state index is 12.3. The molecular weight excluding hydrogens is 346 g/mol. The lowest BCUT2D eigenvalue weighted by molar-refractivity contribution is 0.220. The quantitative estimate of drug-likeness (QED) is 0.795. The fourth-order valence-electron chi connectivity index (χ4n) is 3.53. The van der Waals surface area contributed by atoms with E-state index in [1.54, 1.807) is 0 Å². The summed E-state index contributed by atoms with van der Waals surface area (Å²) >= 11 is 5.98. The zero-order chi connectivity index (χ0) is 18.4. The number of benzene rings is 2. The number of aryl methyl sites for hydroxylation is 1. The molecule has 1 atom stereocenters. The predicted octanol–water partition coefficient (Wildman–Crippen LogP) is 4.28. The van der Waals surface area contributed by atoms with Crippen molar-refractivity contribution in [1.29, 1.82) is 0 Å². The van der Waals surface area contributed by atoms with Gasteiger partial charge in [-0.05, 0) is 61.7 Å². The molecule has 2 aromatic carbocycles. The van der Waals surface area contributed by atoms with Crippen LogP contribution in [0.5, 0.6) is 0 Å². The number of carbonyl (C=O) groups excluding carboxylic acids is 1. The molecule has 2 N–H and O–H groups in total. The van der Waals surface area contributed by atoms with Gasteiger partial charge in [0.05, 0.1) is 6.04 Å². The highest BCUT2D eigenvalue weighted by atomic mass is 35.5. The number of nitrogens with one attached hydrogen (secondary N) is 2. The van der Waals surface area contributed by atoms with E-state index in [4.69, 9.17) is 11.6 Å². The van der Waals surface area contributed by atoms with E-state index in [0.717, 1.165) is 18.7 Å². The van der Waals surface area contributed by atoms with Crippen molar-refractivity contribution in [3.05, 3.63) is 70.2 Å². The zero-order valence-electron chi connectivity index (χ0n) is 15.2. The van der Waals surface area contributed by atoms with Gasteiger partial charge in [0.25, 0.3) is 0 Å². The van der Waals surface area contributed by atoms with Gasteiger partial charge in [-0.2, -0.15) is 0 Å². The maximum Gasteiger partial charge on any atom is 0.315 e. The van der Waals surface area contributed by atoms with Gasteiger partial charge in [-0.25, -0.2) is 4.79 Å². The first-order valence-corrected chi connectivity index (χ1v) is 9.57. The molecule has 1 saturated heterocycles. The maximum atomic E-state index is 12.3. The Hall–Kier alpha value is -2.04. The SMILES string of the molecule is Cc1ccccc1C(CNC(=O)NCc1cccc(Cl)c1)N1CCCC1. The Kier molecular flexibility index (Phi) is 6.53. The van der Waals surface area contributed by atoms with Gasteiger partial charge in [0.2, 0.25) is 0 Å². The number of rotatable bonds is 6. The van der Waals surface area contributed by atoms with Gasteiger partial charge in [-0.3, -0.25) is 4.90 Å². The topological polar surface area (TPSA) is 44.4 Å². The van der Waals surface area contributed by atoms with Crippen molar-refractivity contribution in [3.63, 3.8) is 0 Å². The van der Waals surface area contributed by atoms with Crippen LogP contribution in [0.25, 0.3) is 0 Å². The van der Waals surface area contributed by atoms with Crippen molar-refractivity contribution >= 4 is 17.6 Å². The lowest BCUT2D eigenvalue weighted by atomic mass is 10.00. The molecule has 1 heterocycles. The van der Waals surface area contributed by atoms with E-state index in [1.807, 2.05) is 24.3 Å². The minimum atomic E-state index is -0.150. The largest absolute Gasteiger partial charge is 0.336 e. The van der Waals surface area contributed by atoms with Crippen molar-refractivity contribution < 1.29 is 4.79 Å². The van der Waals surface area contributed by atoms with E-state index < -0.39 is 0 Å². The first-order chi connectivity index (χ1) is 12.6. The number of likely N-dealkylation sites (tertiary alicyclic amines) is 1. The molecule has 0 bridgehead atoms. The van der Waals surface area contributed by atoms with Crippen molar-refractivity contribution in [1.82, 2.24) is 15.5 Å². The summed E-state index contributed by atoms with van der Waals surface area (Å²) in [5.41, 5.74) is 3.55. The third-order valence-electron chi connectivity index (χ3n) is 4.93. The summed E-state index contributed by atoms with van der Waals surface area (Å²) in [4.78, 5) is 14.7. The summed E-state index contributed by atoms with van der Waals surface area (Å²) < 4.78 is 0. The second-order valence-corrected chi connectivity index (χ2v) is 7.25. The lowest BCUT2D eigenvalue weighted by Crippen LogP contribution is -2.41. The first-order valence-electron chi connectivity index (χ1n) is 9.19. The number of amides is 2. The highest BCUT2D eigenvalue weighted by Gasteiger charge is 2.24. The van der Waals surface area contributed by atoms with Crippen LogP contribution in [0.15, 0.2) is 48.5 Å². The Morgan fingerprint density at radius 3 is 2.62 bits per heavy atom. The normalized spacial score (nSPS) is 15.6. The molecule has 138 valence electrons. The predicted molar refractivity (Wildman–Crippen MR) is 106 cm³/mol. The summed E-state index contributed by atoms with van der Waals surface area (Å²) in [6.45, 7) is 5.38. The van der Waals surface area contributed by atoms with Crippen LogP contribution in [-0.2, 0) is 6.54 Å². The van der Waals surface area contributed by atoms with Gasteiger partial charge >= 0.3 is 6.03 Å². The third kappa shape index (κ3) is 4.99. The van der Waals surface area contributed by atoms with E-state index in [2.05, 4.69) is 46.7 Å². The molecule has 1 fully saturated rings. The molecule has 2 amide bonds. The van der Waals surface area contributed by atoms with Crippen LogP contribution in [0.1, 0.15) is 35.6 Å². The summed E-state index contributed by atoms with van der Waals surface area (Å²) in [5, 5.41) is 6.64. The Balaban J connectivity index is 1.58. The smallest absolute Gasteiger partial charge is 0.315 e. The van der Waals surface area contributed by atoms with E-state index in [9.17, 15) is 4.79 Å². The summed E-state index contributed by atoms with van der Waals surface area (Å²) in [7, 11) is 0. The fourth-order valence-corrected chi connectivity index (χ4v) is 3.74. The molecule has 26 heavy (non-hydrogen) atoms. The molecule has 1 aliphatic heterocycles. The average Bonchev–Trinajstić information content (AvgIpc) is 3.16. The monoisotopic (exact) mass is 371 g/mol. The summed E-state index contributed by atoms with van der Waals surface area (Å²) in [6, 6.07) is 16.0. The standard InChI is InChI=1S/C21H26ClN3O/c1-16-7-2-3-10-19(16)20(25-11-4-5-12-25)15-24-21(26)23-14-17-8-6-9-18(22)13-17/h2-3,6-10,13,20H,4-5,11-12,14-15H2,1H3,(H2,23,24,26). The number of hydrogen-bond acceptors (Lipinski definition) is 2. The van der Waals surface area contributed by atoms with Gasteiger partial charge in [0, 0.05) is 18.1 Å². The Bertz CT molecular complexity index is 744. The van der Waals surface area contributed by atoms with Crippen LogP contribution in [0, 0.1) is 6.92 Å². The molecule has 0 aliphatic carbocycles. The average molecular weight is 372 g/mol. The highest BCUT2D eigenvalue weighted by Crippen LogP contribution is 2.26. The number of urea groups is 1. The number of nitrogens with zero attached hydrogens (tertiary/aromatic N) is 1. The van der Waals surface area contributed by atoms with Crippen molar-refractivity contribution in [2.75, 3.05) is 19.6 Å². The Morgan fingerprint density at radius 1 is 1.12 bits per heavy atom. The molecule has 5 heteroatoms. The molecule has 3 rings (SSSR count). The Labute approximate surface area is 160 Å². The zero-order valence-corrected chi connectivity index (χ0v) is 15.9.